The van der Waals surface area contributed by atoms with Crippen LogP contribution in [0.2, 0.25) is 0 Å². The van der Waals surface area contributed by atoms with Gasteiger partial charge in [-0.2, -0.15) is 0 Å². The Hall–Kier alpha value is -1.06. The zero-order valence-electron chi connectivity index (χ0n) is 8.46. The summed E-state index contributed by atoms with van der Waals surface area (Å²) in [5.74, 6) is -2.14. The van der Waals surface area contributed by atoms with Gasteiger partial charge < -0.3 is 9.84 Å². The second-order valence-electron chi connectivity index (χ2n) is 4.03. The second-order valence-corrected chi connectivity index (χ2v) is 4.03. The molecule has 0 fully saturated rings. The Labute approximate surface area is 77.9 Å². The van der Waals surface area contributed by atoms with Crippen molar-refractivity contribution in [3.05, 3.63) is 0 Å². The van der Waals surface area contributed by atoms with Crippen LogP contribution in [-0.2, 0) is 14.3 Å². The molecule has 0 bridgehead atoms. The van der Waals surface area contributed by atoms with E-state index in [4.69, 9.17) is 9.84 Å². The van der Waals surface area contributed by atoms with Crippen molar-refractivity contribution in [2.45, 2.75) is 39.7 Å². The summed E-state index contributed by atoms with van der Waals surface area (Å²) >= 11 is 0. The smallest absolute Gasteiger partial charge is 0.307 e. The van der Waals surface area contributed by atoms with Crippen LogP contribution in [0.5, 0.6) is 0 Å². The highest BCUT2D eigenvalue weighted by atomic mass is 16.6. The molecule has 0 spiro atoms. The maximum Gasteiger partial charge on any atom is 0.307 e. The van der Waals surface area contributed by atoms with Crippen molar-refractivity contribution in [1.82, 2.24) is 0 Å². The molecule has 0 aliphatic carbocycles. The number of carbonyl (C=O) groups is 2. The average Bonchev–Trinajstić information content (AvgIpc) is 1.81. The van der Waals surface area contributed by atoms with Crippen LogP contribution in [-0.4, -0.2) is 22.6 Å². The first-order valence-electron chi connectivity index (χ1n) is 4.17. The third kappa shape index (κ3) is 6.13. The van der Waals surface area contributed by atoms with Gasteiger partial charge >= 0.3 is 11.9 Å². The summed E-state index contributed by atoms with van der Waals surface area (Å²) in [4.78, 5) is 21.5. The van der Waals surface area contributed by atoms with Crippen molar-refractivity contribution in [3.63, 3.8) is 0 Å². The predicted octanol–water partition coefficient (Wildman–Crippen LogP) is 1.44. The number of rotatable bonds is 3. The van der Waals surface area contributed by atoms with Crippen LogP contribution in [0.3, 0.4) is 0 Å². The first kappa shape index (κ1) is 11.9. The Morgan fingerprint density at radius 1 is 1.38 bits per heavy atom. The Morgan fingerprint density at radius 2 is 1.85 bits per heavy atom. The van der Waals surface area contributed by atoms with Gasteiger partial charge in [-0.15, -0.1) is 0 Å². The van der Waals surface area contributed by atoms with Crippen LogP contribution in [0.15, 0.2) is 0 Å². The van der Waals surface area contributed by atoms with Crippen molar-refractivity contribution < 1.29 is 19.4 Å². The molecule has 0 heterocycles. The first-order chi connectivity index (χ1) is 5.72. The summed E-state index contributed by atoms with van der Waals surface area (Å²) in [7, 11) is 0. The maximum absolute atomic E-state index is 11.1. The van der Waals surface area contributed by atoms with Crippen molar-refractivity contribution in [1.29, 1.82) is 0 Å². The van der Waals surface area contributed by atoms with Gasteiger partial charge in [0.05, 0.1) is 12.3 Å². The number of hydrogen-bond donors (Lipinski definition) is 1. The lowest BCUT2D eigenvalue weighted by atomic mass is 10.1. The van der Waals surface area contributed by atoms with Gasteiger partial charge in [-0.25, -0.2) is 0 Å². The highest BCUT2D eigenvalue weighted by molar-refractivity contribution is 5.78. The largest absolute Gasteiger partial charge is 0.481 e. The van der Waals surface area contributed by atoms with Gasteiger partial charge in [0.15, 0.2) is 0 Å². The van der Waals surface area contributed by atoms with Crippen LogP contribution >= 0.6 is 0 Å². The monoisotopic (exact) mass is 188 g/mol. The number of carboxylic acids is 1. The van der Waals surface area contributed by atoms with Crippen molar-refractivity contribution >= 4 is 11.9 Å². The number of ether oxygens (including phenoxy) is 1. The van der Waals surface area contributed by atoms with Gasteiger partial charge in [0.25, 0.3) is 0 Å². The summed E-state index contributed by atoms with van der Waals surface area (Å²) < 4.78 is 4.96. The SMILES string of the molecule is C[C@@H](CC(=O)OC(C)(C)C)C(=O)O. The number of carboxylic acid groups (broad SMARTS) is 1. The second kappa shape index (κ2) is 4.25. The molecule has 0 aliphatic rings. The lowest BCUT2D eigenvalue weighted by Gasteiger charge is -2.20. The van der Waals surface area contributed by atoms with E-state index >= 15 is 0 Å². The molecule has 0 aromatic carbocycles. The zero-order valence-corrected chi connectivity index (χ0v) is 8.46. The third-order valence-electron chi connectivity index (χ3n) is 1.31. The summed E-state index contributed by atoms with van der Waals surface area (Å²) in [6, 6.07) is 0. The van der Waals surface area contributed by atoms with Crippen LogP contribution in [0, 0.1) is 5.92 Å². The summed E-state index contributed by atoms with van der Waals surface area (Å²) in [6.07, 6.45) is -0.0768. The topological polar surface area (TPSA) is 63.6 Å². The van der Waals surface area contributed by atoms with Gasteiger partial charge in [0.2, 0.25) is 0 Å². The number of esters is 1. The third-order valence-corrected chi connectivity index (χ3v) is 1.31. The van der Waals surface area contributed by atoms with E-state index in [-0.39, 0.29) is 6.42 Å². The minimum Gasteiger partial charge on any atom is -0.481 e. The molecule has 0 unspecified atom stereocenters. The number of carbonyl (C=O) groups excluding carboxylic acids is 1. The predicted molar refractivity (Wildman–Crippen MR) is 47.3 cm³/mol. The molecule has 0 aromatic rings. The molecule has 4 nitrogen and oxygen atoms in total. The van der Waals surface area contributed by atoms with Crippen LogP contribution in [0.25, 0.3) is 0 Å². The van der Waals surface area contributed by atoms with E-state index in [2.05, 4.69) is 0 Å². The fourth-order valence-corrected chi connectivity index (χ4v) is 0.720. The molecule has 0 saturated carbocycles. The fraction of sp³-hybridized carbons (Fsp3) is 0.778. The molecule has 4 heteroatoms. The molecule has 0 aliphatic heterocycles. The molecular weight excluding hydrogens is 172 g/mol. The van der Waals surface area contributed by atoms with E-state index in [1.807, 2.05) is 0 Å². The van der Waals surface area contributed by atoms with E-state index in [0.717, 1.165) is 0 Å². The Bertz CT molecular complexity index is 202. The normalized spacial score (nSPS) is 13.5. The first-order valence-corrected chi connectivity index (χ1v) is 4.17. The molecule has 1 N–H and O–H groups in total. The highest BCUT2D eigenvalue weighted by Gasteiger charge is 2.21. The number of aliphatic carboxylic acids is 1. The van der Waals surface area contributed by atoms with Gasteiger partial charge in [-0.1, -0.05) is 6.92 Å². The van der Waals surface area contributed by atoms with Crippen LogP contribution in [0.1, 0.15) is 34.1 Å². The molecule has 0 radical (unpaired) electrons. The molecule has 0 aromatic heterocycles. The molecule has 0 saturated heterocycles. The molecule has 76 valence electrons. The van der Waals surface area contributed by atoms with E-state index < -0.39 is 23.5 Å². The molecule has 0 amide bonds. The average molecular weight is 188 g/mol. The maximum atomic E-state index is 11.1. The molecular formula is C9H16O4. The van der Waals surface area contributed by atoms with Crippen LogP contribution < -0.4 is 0 Å². The van der Waals surface area contributed by atoms with Gasteiger partial charge in [0, 0.05) is 0 Å². The van der Waals surface area contributed by atoms with Crippen molar-refractivity contribution in [3.8, 4) is 0 Å². The quantitative estimate of drug-likeness (QED) is 0.680. The lowest BCUT2D eigenvalue weighted by molar-refractivity contribution is -0.159. The van der Waals surface area contributed by atoms with E-state index in [1.165, 1.54) is 6.92 Å². The lowest BCUT2D eigenvalue weighted by Crippen LogP contribution is -2.26. The molecule has 0 rings (SSSR count). The van der Waals surface area contributed by atoms with Crippen molar-refractivity contribution in [2.75, 3.05) is 0 Å². The minimum atomic E-state index is -0.981. The minimum absolute atomic E-state index is 0.0768. The summed E-state index contributed by atoms with van der Waals surface area (Å²) in [5, 5.41) is 8.52. The van der Waals surface area contributed by atoms with Crippen LogP contribution in [0.4, 0.5) is 0 Å². The Morgan fingerprint density at radius 3 is 2.15 bits per heavy atom. The highest BCUT2D eigenvalue weighted by Crippen LogP contribution is 2.11. The summed E-state index contributed by atoms with van der Waals surface area (Å²) in [5.41, 5.74) is -0.546. The van der Waals surface area contributed by atoms with Gasteiger partial charge in [0.1, 0.15) is 5.60 Å². The summed E-state index contributed by atoms with van der Waals surface area (Å²) in [6.45, 7) is 6.72. The van der Waals surface area contributed by atoms with Gasteiger partial charge in [-0.05, 0) is 20.8 Å². The van der Waals surface area contributed by atoms with Gasteiger partial charge in [-0.3, -0.25) is 9.59 Å². The zero-order chi connectivity index (χ0) is 10.6. The van der Waals surface area contributed by atoms with E-state index in [0.29, 0.717) is 0 Å². The van der Waals surface area contributed by atoms with E-state index in [9.17, 15) is 9.59 Å². The van der Waals surface area contributed by atoms with E-state index in [1.54, 1.807) is 20.8 Å². The Balaban J connectivity index is 3.96. The van der Waals surface area contributed by atoms with Crippen molar-refractivity contribution in [2.24, 2.45) is 5.92 Å². The fourth-order valence-electron chi connectivity index (χ4n) is 0.720. The number of hydrogen-bond acceptors (Lipinski definition) is 3. The molecule has 13 heavy (non-hydrogen) atoms. The standard InChI is InChI=1S/C9H16O4/c1-6(8(11)12)5-7(10)13-9(2,3)4/h6H,5H2,1-4H3,(H,11,12)/t6-/m0/s1. The molecule has 1 atom stereocenters. The Kier molecular flexibility index (Phi) is 3.91.